The number of nitrogens with one attached hydrogen (secondary N) is 1. The number of aliphatic carboxylic acids is 1. The lowest BCUT2D eigenvalue weighted by molar-refractivity contribution is -0.139. The van der Waals surface area contributed by atoms with Crippen molar-refractivity contribution in [1.82, 2.24) is 0 Å². The van der Waals surface area contributed by atoms with Crippen LogP contribution in [0.1, 0.15) is 10.6 Å². The van der Waals surface area contributed by atoms with Gasteiger partial charge in [-0.05, 0) is 52.3 Å². The summed E-state index contributed by atoms with van der Waals surface area (Å²) < 4.78 is 10.6. The minimum Gasteiger partial charge on any atom is -0.482 e. The molecule has 104 valence electrons. The fourth-order valence-corrected chi connectivity index (χ4v) is 1.72. The van der Waals surface area contributed by atoms with Crippen LogP contribution in [0.15, 0.2) is 45.5 Å². The van der Waals surface area contributed by atoms with Crippen LogP contribution in [0.2, 0.25) is 0 Å². The third kappa shape index (κ3) is 3.86. The fourth-order valence-electron chi connectivity index (χ4n) is 1.41. The third-order valence-electron chi connectivity index (χ3n) is 2.27. The molecule has 2 aromatic rings. The first-order chi connectivity index (χ1) is 9.54. The minimum atomic E-state index is -1.05. The van der Waals surface area contributed by atoms with Gasteiger partial charge in [0.25, 0.3) is 5.91 Å². The molecule has 20 heavy (non-hydrogen) atoms. The molecule has 2 rings (SSSR count). The minimum absolute atomic E-state index is 0.183. The molecular weight excluding hydrogens is 330 g/mol. The number of carbonyl (C=O) groups is 2. The normalized spacial score (nSPS) is 10.1. The Balaban J connectivity index is 1.96. The van der Waals surface area contributed by atoms with Crippen molar-refractivity contribution in [2.45, 2.75) is 0 Å². The first kappa shape index (κ1) is 14.1. The van der Waals surface area contributed by atoms with Crippen molar-refractivity contribution in [2.75, 3.05) is 11.9 Å². The number of hydrogen-bond donors (Lipinski definition) is 2. The molecule has 0 spiro atoms. The third-order valence-corrected chi connectivity index (χ3v) is 2.70. The summed E-state index contributed by atoms with van der Waals surface area (Å²) in [6.07, 6.45) is 0. The Bertz CT molecular complexity index is 620. The summed E-state index contributed by atoms with van der Waals surface area (Å²) in [5.41, 5.74) is 0.546. The highest BCUT2D eigenvalue weighted by molar-refractivity contribution is 9.10. The van der Waals surface area contributed by atoms with Crippen LogP contribution in [0.4, 0.5) is 5.69 Å². The van der Waals surface area contributed by atoms with Crippen molar-refractivity contribution in [3.05, 3.63) is 46.8 Å². The number of benzene rings is 1. The molecule has 0 aliphatic carbocycles. The standard InChI is InChI=1S/C13H10BrNO5/c14-11-6-5-10(20-11)13(18)15-8-1-3-9(4-2-8)19-7-12(16)17/h1-6H,7H2,(H,15,18)(H,16,17). The van der Waals surface area contributed by atoms with Gasteiger partial charge in [0.2, 0.25) is 0 Å². The van der Waals surface area contributed by atoms with E-state index in [-0.39, 0.29) is 11.7 Å². The van der Waals surface area contributed by atoms with Crippen molar-refractivity contribution < 1.29 is 23.8 Å². The second kappa shape index (κ2) is 6.25. The summed E-state index contributed by atoms with van der Waals surface area (Å²) in [4.78, 5) is 22.1. The van der Waals surface area contributed by atoms with Gasteiger partial charge in [0.05, 0.1) is 0 Å². The molecule has 0 atom stereocenters. The Morgan fingerprint density at radius 3 is 2.45 bits per heavy atom. The van der Waals surface area contributed by atoms with Gasteiger partial charge in [0.15, 0.2) is 17.0 Å². The molecule has 0 radical (unpaired) electrons. The average molecular weight is 340 g/mol. The number of carbonyl (C=O) groups excluding carboxylic acids is 1. The van der Waals surface area contributed by atoms with E-state index in [9.17, 15) is 9.59 Å². The molecule has 0 saturated heterocycles. The van der Waals surface area contributed by atoms with Gasteiger partial charge in [0, 0.05) is 5.69 Å². The van der Waals surface area contributed by atoms with E-state index in [0.29, 0.717) is 16.1 Å². The predicted octanol–water partition coefficient (Wildman–Crippen LogP) is 2.76. The molecular formula is C13H10BrNO5. The molecule has 0 aliphatic heterocycles. The maximum atomic E-state index is 11.8. The van der Waals surface area contributed by atoms with Crippen LogP contribution in [-0.2, 0) is 4.79 Å². The lowest BCUT2D eigenvalue weighted by atomic mass is 10.3. The van der Waals surface area contributed by atoms with E-state index in [1.807, 2.05) is 0 Å². The highest BCUT2D eigenvalue weighted by Crippen LogP contribution is 2.18. The van der Waals surface area contributed by atoms with Crippen LogP contribution in [0.3, 0.4) is 0 Å². The quantitative estimate of drug-likeness (QED) is 0.874. The molecule has 0 aliphatic rings. The number of amides is 1. The van der Waals surface area contributed by atoms with Gasteiger partial charge < -0.3 is 19.6 Å². The van der Waals surface area contributed by atoms with Gasteiger partial charge in [-0.3, -0.25) is 4.79 Å². The molecule has 0 saturated carbocycles. The van der Waals surface area contributed by atoms with E-state index in [2.05, 4.69) is 21.2 Å². The molecule has 6 nitrogen and oxygen atoms in total. The summed E-state index contributed by atoms with van der Waals surface area (Å²) >= 11 is 3.11. The molecule has 0 fully saturated rings. The number of rotatable bonds is 5. The van der Waals surface area contributed by atoms with Crippen molar-refractivity contribution in [2.24, 2.45) is 0 Å². The zero-order valence-corrected chi connectivity index (χ0v) is 11.7. The number of hydrogen-bond acceptors (Lipinski definition) is 4. The Labute approximate surface area is 122 Å². The Morgan fingerprint density at radius 1 is 1.20 bits per heavy atom. The summed E-state index contributed by atoms with van der Waals surface area (Å²) in [6.45, 7) is -0.411. The molecule has 1 aromatic carbocycles. The fraction of sp³-hybridized carbons (Fsp3) is 0.0769. The van der Waals surface area contributed by atoms with Crippen molar-refractivity contribution >= 4 is 33.5 Å². The van der Waals surface area contributed by atoms with Gasteiger partial charge >= 0.3 is 5.97 Å². The van der Waals surface area contributed by atoms with E-state index in [1.165, 1.54) is 0 Å². The first-order valence-corrected chi connectivity index (χ1v) is 6.35. The lowest BCUT2D eigenvalue weighted by Crippen LogP contribution is -2.11. The summed E-state index contributed by atoms with van der Waals surface area (Å²) in [7, 11) is 0. The summed E-state index contributed by atoms with van der Waals surface area (Å²) in [5, 5.41) is 11.1. The largest absolute Gasteiger partial charge is 0.482 e. The number of furan rings is 1. The molecule has 0 unspecified atom stereocenters. The summed E-state index contributed by atoms with van der Waals surface area (Å²) in [5.74, 6) is -0.838. The number of ether oxygens (including phenoxy) is 1. The van der Waals surface area contributed by atoms with E-state index in [4.69, 9.17) is 14.3 Å². The van der Waals surface area contributed by atoms with Crippen LogP contribution in [0.5, 0.6) is 5.75 Å². The van der Waals surface area contributed by atoms with Crippen LogP contribution in [-0.4, -0.2) is 23.6 Å². The van der Waals surface area contributed by atoms with Crippen LogP contribution >= 0.6 is 15.9 Å². The Morgan fingerprint density at radius 2 is 1.90 bits per heavy atom. The Hall–Kier alpha value is -2.28. The van der Waals surface area contributed by atoms with Gasteiger partial charge in [-0.1, -0.05) is 0 Å². The molecule has 1 amide bonds. The van der Waals surface area contributed by atoms with Crippen molar-refractivity contribution in [3.63, 3.8) is 0 Å². The van der Waals surface area contributed by atoms with Gasteiger partial charge in [-0.25, -0.2) is 4.79 Å². The molecule has 1 aromatic heterocycles. The SMILES string of the molecule is O=C(O)COc1ccc(NC(=O)c2ccc(Br)o2)cc1. The van der Waals surface area contributed by atoms with E-state index in [1.54, 1.807) is 36.4 Å². The topological polar surface area (TPSA) is 88.8 Å². The van der Waals surface area contributed by atoms with E-state index in [0.717, 1.165) is 0 Å². The van der Waals surface area contributed by atoms with Gasteiger partial charge in [0.1, 0.15) is 5.75 Å². The van der Waals surface area contributed by atoms with Crippen LogP contribution < -0.4 is 10.1 Å². The maximum Gasteiger partial charge on any atom is 0.341 e. The number of anilines is 1. The van der Waals surface area contributed by atoms with Gasteiger partial charge in [-0.15, -0.1) is 0 Å². The Kier molecular flexibility index (Phi) is 4.41. The van der Waals surface area contributed by atoms with Gasteiger partial charge in [-0.2, -0.15) is 0 Å². The first-order valence-electron chi connectivity index (χ1n) is 5.56. The average Bonchev–Trinajstić information content (AvgIpc) is 2.85. The second-order valence-electron chi connectivity index (χ2n) is 3.76. The van der Waals surface area contributed by atoms with Crippen molar-refractivity contribution in [1.29, 1.82) is 0 Å². The molecule has 2 N–H and O–H groups in total. The van der Waals surface area contributed by atoms with Crippen LogP contribution in [0, 0.1) is 0 Å². The van der Waals surface area contributed by atoms with Crippen molar-refractivity contribution in [3.8, 4) is 5.75 Å². The summed E-state index contributed by atoms with van der Waals surface area (Å²) in [6, 6.07) is 9.51. The van der Waals surface area contributed by atoms with Crippen LogP contribution in [0.25, 0.3) is 0 Å². The maximum absolute atomic E-state index is 11.8. The molecule has 1 heterocycles. The number of carboxylic acids is 1. The molecule has 0 bridgehead atoms. The van der Waals surface area contributed by atoms with E-state index < -0.39 is 12.6 Å². The van der Waals surface area contributed by atoms with E-state index >= 15 is 0 Å². The highest BCUT2D eigenvalue weighted by atomic mass is 79.9. The highest BCUT2D eigenvalue weighted by Gasteiger charge is 2.10. The predicted molar refractivity (Wildman–Crippen MR) is 73.9 cm³/mol. The second-order valence-corrected chi connectivity index (χ2v) is 4.55. The number of halogens is 1. The smallest absolute Gasteiger partial charge is 0.341 e. The molecule has 7 heteroatoms. The monoisotopic (exact) mass is 339 g/mol. The lowest BCUT2D eigenvalue weighted by Gasteiger charge is -2.06. The zero-order chi connectivity index (χ0) is 14.5. The number of carboxylic acid groups (broad SMARTS) is 1. The zero-order valence-electron chi connectivity index (χ0n) is 10.1.